The molecule has 3 saturated heterocycles. The molecule has 5 rings (SSSR count). The first-order chi connectivity index (χ1) is 17.6. The molecule has 0 bridgehead atoms. The smallest absolute Gasteiger partial charge is 0.312 e. The van der Waals surface area contributed by atoms with Gasteiger partial charge in [-0.1, -0.05) is 24.3 Å². The van der Waals surface area contributed by atoms with Crippen molar-refractivity contribution in [3.8, 4) is 0 Å². The number of amides is 2. The third kappa shape index (κ3) is 4.60. The van der Waals surface area contributed by atoms with Crippen molar-refractivity contribution in [3.63, 3.8) is 0 Å². The maximum absolute atomic E-state index is 14.1. The van der Waals surface area contributed by atoms with E-state index in [1.165, 1.54) is 4.90 Å². The highest BCUT2D eigenvalue weighted by Crippen LogP contribution is 2.53. The minimum Gasteiger partial charge on any atom is -0.465 e. The van der Waals surface area contributed by atoms with E-state index in [-0.39, 0.29) is 25.0 Å². The molecule has 2 amide bonds. The van der Waals surface area contributed by atoms with Gasteiger partial charge in [0.05, 0.1) is 31.8 Å². The van der Waals surface area contributed by atoms with Gasteiger partial charge in [-0.3, -0.25) is 19.3 Å². The van der Waals surface area contributed by atoms with Gasteiger partial charge in [0.15, 0.2) is 0 Å². The molecule has 0 saturated carbocycles. The number of cyclic esters (lactones) is 1. The van der Waals surface area contributed by atoms with Crippen LogP contribution in [0.5, 0.6) is 0 Å². The van der Waals surface area contributed by atoms with Gasteiger partial charge in [-0.2, -0.15) is 0 Å². The van der Waals surface area contributed by atoms with Crippen LogP contribution in [0.1, 0.15) is 25.7 Å². The Bertz CT molecular complexity index is 902. The number of esters is 1. The molecule has 0 aliphatic carbocycles. The summed E-state index contributed by atoms with van der Waals surface area (Å²) in [7, 11) is 0. The third-order valence-corrected chi connectivity index (χ3v) is 8.03. The van der Waals surface area contributed by atoms with Gasteiger partial charge in [0.25, 0.3) is 0 Å². The minimum absolute atomic E-state index is 0.101. The Balaban J connectivity index is 1.46. The van der Waals surface area contributed by atoms with E-state index >= 15 is 0 Å². The molecule has 10 nitrogen and oxygen atoms in total. The average Bonchev–Trinajstić information content (AvgIpc) is 3.27. The molecular weight excluding hydrogens is 466 g/mol. The van der Waals surface area contributed by atoms with Crippen molar-refractivity contribution in [2.45, 2.75) is 43.4 Å². The van der Waals surface area contributed by atoms with Gasteiger partial charge < -0.3 is 29.1 Å². The van der Waals surface area contributed by atoms with Crippen molar-refractivity contribution in [2.24, 2.45) is 11.8 Å². The predicted molar refractivity (Wildman–Crippen MR) is 129 cm³/mol. The summed E-state index contributed by atoms with van der Waals surface area (Å²) in [6, 6.07) is -0.885. The molecule has 0 aromatic carbocycles. The Kier molecular flexibility index (Phi) is 7.76. The van der Waals surface area contributed by atoms with E-state index in [4.69, 9.17) is 14.2 Å². The van der Waals surface area contributed by atoms with Gasteiger partial charge in [0.1, 0.15) is 17.6 Å². The Hall–Kier alpha value is -2.27. The second kappa shape index (κ2) is 11.0. The summed E-state index contributed by atoms with van der Waals surface area (Å²) in [5, 5.41) is 9.49. The fourth-order valence-corrected chi connectivity index (χ4v) is 6.23. The maximum atomic E-state index is 14.1. The summed E-state index contributed by atoms with van der Waals surface area (Å²) in [6.07, 6.45) is 9.84. The number of rotatable bonds is 6. The van der Waals surface area contributed by atoms with Crippen LogP contribution in [0, 0.1) is 11.8 Å². The van der Waals surface area contributed by atoms with Gasteiger partial charge in [0, 0.05) is 45.9 Å². The Morgan fingerprint density at radius 3 is 2.64 bits per heavy atom. The molecule has 10 heteroatoms. The maximum Gasteiger partial charge on any atom is 0.312 e. The highest BCUT2D eigenvalue weighted by atomic mass is 16.6. The Morgan fingerprint density at radius 2 is 1.83 bits per heavy atom. The summed E-state index contributed by atoms with van der Waals surface area (Å²) in [4.78, 5) is 46.7. The van der Waals surface area contributed by atoms with E-state index in [1.54, 1.807) is 4.90 Å². The number of likely N-dealkylation sites (tertiary alicyclic amines) is 1. The summed E-state index contributed by atoms with van der Waals surface area (Å²) >= 11 is 0. The molecule has 1 spiro atoms. The summed E-state index contributed by atoms with van der Waals surface area (Å²) in [6.45, 7) is 5.12. The van der Waals surface area contributed by atoms with E-state index in [0.717, 1.165) is 38.9 Å². The van der Waals surface area contributed by atoms with Crippen molar-refractivity contribution in [1.29, 1.82) is 0 Å². The third-order valence-electron chi connectivity index (χ3n) is 8.03. The van der Waals surface area contributed by atoms with Gasteiger partial charge in [-0.15, -0.1) is 0 Å². The zero-order valence-corrected chi connectivity index (χ0v) is 20.8. The molecule has 5 atom stereocenters. The molecule has 36 heavy (non-hydrogen) atoms. The molecule has 5 aliphatic rings. The number of morpholine rings is 1. The fourth-order valence-electron chi connectivity index (χ4n) is 6.23. The molecular formula is C26H37N3O7. The molecule has 1 unspecified atom stereocenters. The van der Waals surface area contributed by atoms with E-state index in [2.05, 4.69) is 4.90 Å². The molecule has 0 aromatic rings. The average molecular weight is 504 g/mol. The number of hydrogen-bond donors (Lipinski definition) is 1. The van der Waals surface area contributed by atoms with E-state index < -0.39 is 35.6 Å². The second-order valence-corrected chi connectivity index (χ2v) is 10.2. The Labute approximate surface area is 211 Å². The van der Waals surface area contributed by atoms with Crippen LogP contribution in [-0.4, -0.2) is 121 Å². The highest BCUT2D eigenvalue weighted by molar-refractivity contribution is 5.99. The van der Waals surface area contributed by atoms with Crippen LogP contribution in [0.25, 0.3) is 0 Å². The van der Waals surface area contributed by atoms with Crippen molar-refractivity contribution in [2.75, 3.05) is 65.7 Å². The van der Waals surface area contributed by atoms with Crippen LogP contribution in [0.4, 0.5) is 0 Å². The number of ether oxygens (including phenoxy) is 3. The first kappa shape index (κ1) is 25.4. The fraction of sp³-hybridized carbons (Fsp3) is 0.731. The summed E-state index contributed by atoms with van der Waals surface area (Å²) in [5.74, 6) is -2.56. The molecule has 5 heterocycles. The Morgan fingerprint density at radius 1 is 1.00 bits per heavy atom. The van der Waals surface area contributed by atoms with E-state index in [1.807, 2.05) is 24.3 Å². The van der Waals surface area contributed by atoms with Gasteiger partial charge in [-0.05, 0) is 25.7 Å². The van der Waals surface area contributed by atoms with Gasteiger partial charge in [-0.25, -0.2) is 0 Å². The van der Waals surface area contributed by atoms with Crippen LogP contribution in [0.2, 0.25) is 0 Å². The lowest BCUT2D eigenvalue weighted by molar-refractivity contribution is -0.155. The summed E-state index contributed by atoms with van der Waals surface area (Å²) in [5.41, 5.74) is -1.25. The van der Waals surface area contributed by atoms with Crippen molar-refractivity contribution >= 4 is 17.8 Å². The molecule has 1 N–H and O–H groups in total. The number of fused-ring (bicyclic) bond motifs is 2. The molecule has 198 valence electrons. The van der Waals surface area contributed by atoms with Crippen LogP contribution >= 0.6 is 0 Å². The monoisotopic (exact) mass is 503 g/mol. The number of aliphatic hydroxyl groups is 1. The number of carbonyl (C=O) groups excluding carboxylic acids is 3. The van der Waals surface area contributed by atoms with Crippen molar-refractivity contribution in [1.82, 2.24) is 14.7 Å². The number of aliphatic hydroxyl groups excluding tert-OH is 1. The minimum atomic E-state index is -1.25. The highest BCUT2D eigenvalue weighted by Gasteiger charge is 2.71. The zero-order valence-electron chi connectivity index (χ0n) is 20.8. The summed E-state index contributed by atoms with van der Waals surface area (Å²) < 4.78 is 17.6. The number of allylic oxidation sites excluding steroid dienone is 1. The lowest BCUT2D eigenvalue weighted by atomic mass is 9.78. The molecule has 3 fully saturated rings. The topological polar surface area (TPSA) is 109 Å². The number of hydrogen-bond acceptors (Lipinski definition) is 8. The van der Waals surface area contributed by atoms with E-state index in [0.29, 0.717) is 39.3 Å². The van der Waals surface area contributed by atoms with Crippen LogP contribution in [0.3, 0.4) is 0 Å². The first-order valence-electron chi connectivity index (χ1n) is 13.3. The predicted octanol–water partition coefficient (Wildman–Crippen LogP) is -0.0365. The number of carbonyl (C=O) groups is 3. The van der Waals surface area contributed by atoms with Gasteiger partial charge in [0.2, 0.25) is 11.8 Å². The van der Waals surface area contributed by atoms with E-state index in [9.17, 15) is 19.5 Å². The molecule has 5 aliphatic heterocycles. The standard InChI is InChI=1S/C26H37N3O7/c30-15-6-10-29-22-24(32)28(12-11-27-13-17-34-18-14-27)9-5-8-26(22)21(23(29)31)20-19(36-26)7-3-1-2-4-16-35-25(20)33/h3,5,7-8,19-22,30H,1-2,4,6,9-18H2/b7-3-/t19-,20+,21+,22?,26+/m1/s1. The van der Waals surface area contributed by atoms with Crippen molar-refractivity contribution in [3.05, 3.63) is 24.3 Å². The second-order valence-electron chi connectivity index (χ2n) is 10.2. The van der Waals surface area contributed by atoms with Crippen molar-refractivity contribution < 1.29 is 33.7 Å². The lowest BCUT2D eigenvalue weighted by Gasteiger charge is -2.36. The van der Waals surface area contributed by atoms with Crippen LogP contribution in [-0.2, 0) is 28.6 Å². The largest absolute Gasteiger partial charge is 0.465 e. The van der Waals surface area contributed by atoms with Gasteiger partial charge >= 0.3 is 5.97 Å². The molecule has 0 aromatic heterocycles. The quantitative estimate of drug-likeness (QED) is 0.398. The SMILES string of the molecule is O=C1OCCCC/C=C\[C@H]2O[C@]34C=CCN(CCN5CCOCC5)C(=O)C3N(CCCO)C(=O)[C@@H]4[C@@H]12. The first-order valence-corrected chi connectivity index (χ1v) is 13.3. The zero-order chi connectivity index (χ0) is 25.1. The van der Waals surface area contributed by atoms with Crippen LogP contribution in [0.15, 0.2) is 24.3 Å². The lowest BCUT2D eigenvalue weighted by Crippen LogP contribution is -2.56. The molecule has 0 radical (unpaired) electrons. The van der Waals surface area contributed by atoms with Crippen LogP contribution < -0.4 is 0 Å². The normalized spacial score (nSPS) is 36.2. The number of nitrogens with zero attached hydrogens (tertiary/aromatic N) is 3.